The summed E-state index contributed by atoms with van der Waals surface area (Å²) in [7, 11) is 0. The second-order valence-corrected chi connectivity index (χ2v) is 13.0. The first-order chi connectivity index (χ1) is 23.0. The topological polar surface area (TPSA) is 75.7 Å². The highest BCUT2D eigenvalue weighted by molar-refractivity contribution is 9.10. The number of hydrogen-bond donors (Lipinski definition) is 1. The maximum Gasteiger partial charge on any atom is 0.314 e. The number of esters is 1. The monoisotopic (exact) mass is 680 g/mol. The minimum absolute atomic E-state index is 0.264. The van der Waals surface area contributed by atoms with Gasteiger partial charge in [0.1, 0.15) is 17.4 Å². The van der Waals surface area contributed by atoms with Gasteiger partial charge in [0.15, 0.2) is 11.9 Å². The molecule has 3 aliphatic rings. The van der Waals surface area contributed by atoms with Crippen molar-refractivity contribution in [3.05, 3.63) is 172 Å². The summed E-state index contributed by atoms with van der Waals surface area (Å²) in [5.74, 6) is -2.41. The predicted molar refractivity (Wildman–Crippen MR) is 185 cm³/mol. The summed E-state index contributed by atoms with van der Waals surface area (Å²) < 4.78 is 7.39. The van der Waals surface area contributed by atoms with Crippen LogP contribution in [0.5, 0.6) is 0 Å². The van der Waals surface area contributed by atoms with Crippen molar-refractivity contribution in [2.45, 2.75) is 23.6 Å². The van der Waals surface area contributed by atoms with Crippen molar-refractivity contribution in [2.75, 3.05) is 10.2 Å². The predicted octanol–water partition coefficient (Wildman–Crippen LogP) is 7.76. The standard InChI is InChI=1S/C40H29BrN2O4/c41-29-22-19-26(20-23-29)36(44)35-34(38(45)47-37(27-12-3-1-4-13-27)28-14-5-2-6-15-28)40(30-16-8-9-17-31(30)42-39(40)46)33-24-21-25-11-7-10-18-32(25)43(33)35/h1-24,33-35,37H,(H,42,46)/t33-,34+,35+,40+/m1/s1. The Labute approximate surface area is 280 Å². The van der Waals surface area contributed by atoms with Gasteiger partial charge in [-0.25, -0.2) is 0 Å². The number of para-hydroxylation sites is 2. The van der Waals surface area contributed by atoms with Crippen molar-refractivity contribution in [1.29, 1.82) is 0 Å². The number of fused-ring (bicyclic) bond motifs is 6. The van der Waals surface area contributed by atoms with Crippen LogP contribution in [0.2, 0.25) is 0 Å². The zero-order chi connectivity index (χ0) is 32.1. The summed E-state index contributed by atoms with van der Waals surface area (Å²) in [5.41, 5.74) is 3.54. The van der Waals surface area contributed by atoms with Gasteiger partial charge in [-0.2, -0.15) is 0 Å². The molecule has 7 heteroatoms. The quantitative estimate of drug-likeness (QED) is 0.147. The van der Waals surface area contributed by atoms with Crippen molar-refractivity contribution in [3.8, 4) is 0 Å². The van der Waals surface area contributed by atoms with Gasteiger partial charge in [0.2, 0.25) is 5.91 Å². The number of anilines is 2. The number of ketones is 1. The molecule has 6 nitrogen and oxygen atoms in total. The zero-order valence-electron chi connectivity index (χ0n) is 25.1. The Hall–Kier alpha value is -5.27. The number of benzene rings is 5. The van der Waals surface area contributed by atoms with Gasteiger partial charge in [0, 0.05) is 21.4 Å². The molecular formula is C40H29BrN2O4. The molecular weight excluding hydrogens is 652 g/mol. The van der Waals surface area contributed by atoms with Crippen LogP contribution in [-0.4, -0.2) is 29.7 Å². The van der Waals surface area contributed by atoms with E-state index >= 15 is 4.79 Å². The van der Waals surface area contributed by atoms with Gasteiger partial charge in [0.05, 0.1) is 6.04 Å². The third-order valence-corrected chi connectivity index (χ3v) is 10.2. The highest BCUT2D eigenvalue weighted by Gasteiger charge is 2.71. The average molecular weight is 682 g/mol. The molecule has 3 heterocycles. The fourth-order valence-corrected chi connectivity index (χ4v) is 7.91. The molecule has 3 aliphatic heterocycles. The van der Waals surface area contributed by atoms with E-state index in [1.54, 1.807) is 12.1 Å². The number of nitrogens with one attached hydrogen (secondary N) is 1. The number of ether oxygens (including phenoxy) is 1. The molecule has 8 rings (SSSR count). The van der Waals surface area contributed by atoms with Crippen molar-refractivity contribution in [3.63, 3.8) is 0 Å². The minimum Gasteiger partial charge on any atom is -0.452 e. The average Bonchev–Trinajstić information content (AvgIpc) is 3.60. The molecule has 0 radical (unpaired) electrons. The van der Waals surface area contributed by atoms with E-state index < -0.39 is 35.5 Å². The van der Waals surface area contributed by atoms with Gasteiger partial charge in [-0.1, -0.05) is 137 Å². The van der Waals surface area contributed by atoms with Gasteiger partial charge in [-0.15, -0.1) is 0 Å². The summed E-state index contributed by atoms with van der Waals surface area (Å²) >= 11 is 3.48. The molecule has 47 heavy (non-hydrogen) atoms. The maximum atomic E-state index is 15.2. The third kappa shape index (κ3) is 4.56. The van der Waals surface area contributed by atoms with Crippen molar-refractivity contribution in [2.24, 2.45) is 5.92 Å². The van der Waals surface area contributed by atoms with Crippen LogP contribution in [0.1, 0.15) is 38.7 Å². The Morgan fingerprint density at radius 2 is 1.38 bits per heavy atom. The van der Waals surface area contributed by atoms with Crippen LogP contribution in [0.15, 0.2) is 144 Å². The summed E-state index contributed by atoms with van der Waals surface area (Å²) in [5, 5.41) is 3.07. The Bertz CT molecular complexity index is 2010. The van der Waals surface area contributed by atoms with Crippen molar-refractivity contribution < 1.29 is 19.1 Å². The number of halogens is 1. The molecule has 0 aliphatic carbocycles. The summed E-state index contributed by atoms with van der Waals surface area (Å²) in [6, 6.07) is 39.8. The summed E-state index contributed by atoms with van der Waals surface area (Å²) in [6.07, 6.45) is 3.19. The van der Waals surface area contributed by atoms with E-state index in [4.69, 9.17) is 4.74 Å². The van der Waals surface area contributed by atoms with Crippen LogP contribution in [-0.2, 0) is 19.7 Å². The highest BCUT2D eigenvalue weighted by atomic mass is 79.9. The lowest BCUT2D eigenvalue weighted by Crippen LogP contribution is -2.51. The second kappa shape index (κ2) is 11.5. The molecule has 1 N–H and O–H groups in total. The minimum atomic E-state index is -1.45. The Balaban J connectivity index is 1.36. The van der Waals surface area contributed by atoms with Crippen LogP contribution >= 0.6 is 15.9 Å². The lowest BCUT2D eigenvalue weighted by atomic mass is 9.66. The first-order valence-electron chi connectivity index (χ1n) is 15.5. The first-order valence-corrected chi connectivity index (χ1v) is 16.3. The number of Topliss-reactive ketones (excluding diaryl/α,β-unsaturated/α-hetero) is 1. The Morgan fingerprint density at radius 1 is 0.766 bits per heavy atom. The number of nitrogens with zero attached hydrogens (tertiary/aromatic N) is 1. The zero-order valence-corrected chi connectivity index (χ0v) is 26.7. The van der Waals surface area contributed by atoms with Crippen LogP contribution < -0.4 is 10.2 Å². The van der Waals surface area contributed by atoms with Gasteiger partial charge in [-0.05, 0) is 46.5 Å². The molecule has 5 aromatic carbocycles. The molecule has 1 fully saturated rings. The van der Waals surface area contributed by atoms with Crippen LogP contribution in [0.25, 0.3) is 6.08 Å². The number of amides is 1. The molecule has 4 atom stereocenters. The van der Waals surface area contributed by atoms with E-state index in [-0.39, 0.29) is 11.7 Å². The third-order valence-electron chi connectivity index (χ3n) is 9.63. The Kier molecular flexibility index (Phi) is 7.14. The molecule has 0 saturated carbocycles. The van der Waals surface area contributed by atoms with E-state index in [9.17, 15) is 9.59 Å². The van der Waals surface area contributed by atoms with E-state index in [1.165, 1.54) is 0 Å². The lowest BCUT2D eigenvalue weighted by Gasteiger charge is -2.37. The van der Waals surface area contributed by atoms with E-state index in [1.807, 2.05) is 138 Å². The van der Waals surface area contributed by atoms with E-state index in [2.05, 4.69) is 21.2 Å². The smallest absolute Gasteiger partial charge is 0.314 e. The largest absolute Gasteiger partial charge is 0.452 e. The van der Waals surface area contributed by atoms with Gasteiger partial charge >= 0.3 is 5.97 Å². The first kappa shape index (κ1) is 29.2. The number of hydrogen-bond acceptors (Lipinski definition) is 5. The second-order valence-electron chi connectivity index (χ2n) is 12.1. The molecule has 0 unspecified atom stereocenters. The Morgan fingerprint density at radius 3 is 2.09 bits per heavy atom. The normalized spacial score (nSPS) is 22.0. The van der Waals surface area contributed by atoms with Crippen molar-refractivity contribution >= 4 is 51.0 Å². The molecule has 230 valence electrons. The molecule has 0 aromatic heterocycles. The number of rotatable bonds is 6. The maximum absolute atomic E-state index is 15.2. The van der Waals surface area contributed by atoms with Crippen LogP contribution in [0.4, 0.5) is 11.4 Å². The fraction of sp³-hybridized carbons (Fsp3) is 0.125. The molecule has 1 spiro atoms. The fourth-order valence-electron chi connectivity index (χ4n) is 7.64. The van der Waals surface area contributed by atoms with Gasteiger partial charge in [0.25, 0.3) is 0 Å². The van der Waals surface area contributed by atoms with E-state index in [0.717, 1.165) is 26.9 Å². The lowest BCUT2D eigenvalue weighted by molar-refractivity contribution is -0.156. The highest BCUT2D eigenvalue weighted by Crippen LogP contribution is 2.58. The van der Waals surface area contributed by atoms with Crippen LogP contribution in [0, 0.1) is 5.92 Å². The number of carbonyl (C=O) groups is 3. The molecule has 1 saturated heterocycles. The molecule has 1 amide bonds. The van der Waals surface area contributed by atoms with E-state index in [0.29, 0.717) is 16.8 Å². The SMILES string of the molecule is O=C(c1ccc(Br)cc1)[C@@H]1[C@@H](C(=O)OC(c2ccccc2)c2ccccc2)[C@@]2(C(=O)Nc3ccccc32)[C@H]2C=Cc3ccccc3N12. The summed E-state index contributed by atoms with van der Waals surface area (Å²) in [6.45, 7) is 0. The van der Waals surface area contributed by atoms with Gasteiger partial charge in [-0.3, -0.25) is 14.4 Å². The van der Waals surface area contributed by atoms with Crippen molar-refractivity contribution in [1.82, 2.24) is 0 Å². The number of carbonyl (C=O) groups excluding carboxylic acids is 3. The molecule has 0 bridgehead atoms. The van der Waals surface area contributed by atoms with Crippen LogP contribution in [0.3, 0.4) is 0 Å². The summed E-state index contributed by atoms with van der Waals surface area (Å²) in [4.78, 5) is 46.7. The van der Waals surface area contributed by atoms with Gasteiger partial charge < -0.3 is 15.0 Å². The molecule has 5 aromatic rings.